The van der Waals surface area contributed by atoms with Crippen molar-refractivity contribution in [1.82, 2.24) is 9.80 Å². The van der Waals surface area contributed by atoms with Crippen LogP contribution in [0.4, 0.5) is 0 Å². The van der Waals surface area contributed by atoms with Crippen molar-refractivity contribution in [3.63, 3.8) is 0 Å². The van der Waals surface area contributed by atoms with Crippen LogP contribution in [0.1, 0.15) is 128 Å². The van der Waals surface area contributed by atoms with Crippen molar-refractivity contribution in [1.29, 1.82) is 0 Å². The fourth-order valence-electron chi connectivity index (χ4n) is 6.63. The molecule has 0 aromatic heterocycles. The Kier molecular flexibility index (Phi) is 15.0. The minimum atomic E-state index is 0. The van der Waals surface area contributed by atoms with E-state index in [1.807, 2.05) is 0 Å². The summed E-state index contributed by atoms with van der Waals surface area (Å²) in [5.74, 6) is 0. The smallest absolute Gasteiger partial charge is 0.411 e. The normalized spacial score (nSPS) is 23.5. The van der Waals surface area contributed by atoms with E-state index < -0.39 is 0 Å². The summed E-state index contributed by atoms with van der Waals surface area (Å²) in [6.45, 7) is 0. The SMILES string of the molecule is S=C([S-])N(C1CCCCC1)C1CCCCC1.S=C([S-])N(C1CCCCC1)C1CCCCC1.[Cu+2]. The molecule has 4 saturated carbocycles. The zero-order valence-electron chi connectivity index (χ0n) is 20.3. The zero-order valence-corrected chi connectivity index (χ0v) is 24.5. The number of hydrogen-bond acceptors (Lipinski definition) is 4. The maximum absolute atomic E-state index is 5.32. The number of nitrogens with zero attached hydrogens (tertiary/aromatic N) is 2. The first-order valence-corrected chi connectivity index (χ1v) is 15.2. The van der Waals surface area contributed by atoms with Crippen LogP contribution in [0.25, 0.3) is 0 Å². The van der Waals surface area contributed by atoms with Gasteiger partial charge >= 0.3 is 17.1 Å². The van der Waals surface area contributed by atoms with Crippen LogP contribution in [0, 0.1) is 0 Å². The van der Waals surface area contributed by atoms with Crippen LogP contribution >= 0.6 is 24.4 Å². The van der Waals surface area contributed by atoms with Crippen molar-refractivity contribution in [2.24, 2.45) is 0 Å². The van der Waals surface area contributed by atoms with Crippen molar-refractivity contribution >= 4 is 58.3 Å². The van der Waals surface area contributed by atoms with E-state index in [2.05, 4.69) is 9.80 Å². The second kappa shape index (κ2) is 16.5. The Morgan fingerprint density at radius 2 is 0.606 bits per heavy atom. The van der Waals surface area contributed by atoms with E-state index in [0.29, 0.717) is 24.2 Å². The van der Waals surface area contributed by atoms with E-state index in [0.717, 1.165) is 8.64 Å². The Bertz CT molecular complexity index is 481. The fourth-order valence-corrected chi connectivity index (χ4v) is 7.82. The molecule has 4 fully saturated rings. The van der Waals surface area contributed by atoms with Crippen molar-refractivity contribution in [3.8, 4) is 0 Å². The molecule has 2 nitrogen and oxygen atoms in total. The third kappa shape index (κ3) is 9.61. The number of thiocarbonyl (C=S) groups is 2. The molecule has 0 saturated heterocycles. The van der Waals surface area contributed by atoms with Crippen molar-refractivity contribution in [3.05, 3.63) is 0 Å². The Hall–Kier alpha value is 0.739. The van der Waals surface area contributed by atoms with Crippen molar-refractivity contribution in [2.45, 2.75) is 153 Å². The fraction of sp³-hybridized carbons (Fsp3) is 0.923. The van der Waals surface area contributed by atoms with Crippen molar-refractivity contribution < 1.29 is 17.1 Å². The van der Waals surface area contributed by atoms with Gasteiger partial charge in [0.25, 0.3) is 0 Å². The molecule has 0 aromatic carbocycles. The summed E-state index contributed by atoms with van der Waals surface area (Å²) in [7, 11) is 0. The van der Waals surface area contributed by atoms with E-state index in [4.69, 9.17) is 49.7 Å². The Morgan fingerprint density at radius 3 is 0.758 bits per heavy atom. The van der Waals surface area contributed by atoms with Gasteiger partial charge in [-0.2, -0.15) is 0 Å². The van der Waals surface area contributed by atoms with Gasteiger partial charge in [0, 0.05) is 24.2 Å². The van der Waals surface area contributed by atoms with E-state index in [9.17, 15) is 0 Å². The summed E-state index contributed by atoms with van der Waals surface area (Å²) < 4.78 is 1.47. The van der Waals surface area contributed by atoms with E-state index in [1.54, 1.807) is 0 Å². The quantitative estimate of drug-likeness (QED) is 0.192. The molecule has 4 aliphatic rings. The molecule has 0 aliphatic heterocycles. The molecule has 7 heteroatoms. The van der Waals surface area contributed by atoms with E-state index in [-0.39, 0.29) is 17.1 Å². The van der Waals surface area contributed by atoms with Crippen LogP contribution in [0.3, 0.4) is 0 Å². The van der Waals surface area contributed by atoms with Crippen LogP contribution in [-0.4, -0.2) is 42.6 Å². The predicted octanol–water partition coefficient (Wildman–Crippen LogP) is 7.57. The van der Waals surface area contributed by atoms with Gasteiger partial charge in [0.1, 0.15) is 0 Å². The van der Waals surface area contributed by atoms with Crippen molar-refractivity contribution in [2.75, 3.05) is 0 Å². The average molecular weight is 576 g/mol. The van der Waals surface area contributed by atoms with Crippen LogP contribution in [0.2, 0.25) is 0 Å². The monoisotopic (exact) mass is 575 g/mol. The van der Waals surface area contributed by atoms with Crippen LogP contribution in [-0.2, 0) is 42.3 Å². The van der Waals surface area contributed by atoms with Gasteiger partial charge in [0.05, 0.1) is 0 Å². The number of rotatable bonds is 4. The molecule has 0 bridgehead atoms. The summed E-state index contributed by atoms with van der Waals surface area (Å²) in [6, 6.07) is 2.67. The van der Waals surface area contributed by atoms with Crippen LogP contribution in [0.15, 0.2) is 0 Å². The molecular formula is C26H44CuN2S4. The molecule has 0 spiro atoms. The molecule has 193 valence electrons. The summed E-state index contributed by atoms with van der Waals surface area (Å²) in [6.07, 6.45) is 27.0. The molecule has 0 atom stereocenters. The van der Waals surface area contributed by atoms with Gasteiger partial charge in [-0.1, -0.05) is 85.7 Å². The second-order valence-corrected chi connectivity index (χ2v) is 12.6. The van der Waals surface area contributed by atoms with Gasteiger partial charge in [0.15, 0.2) is 0 Å². The minimum Gasteiger partial charge on any atom is -0.411 e. The Morgan fingerprint density at radius 1 is 0.424 bits per heavy atom. The predicted molar refractivity (Wildman–Crippen MR) is 151 cm³/mol. The molecule has 0 aromatic rings. The summed E-state index contributed by atoms with van der Waals surface area (Å²) in [4.78, 5) is 4.87. The third-order valence-corrected chi connectivity index (χ3v) is 9.14. The maximum Gasteiger partial charge on any atom is 2.00 e. The third-order valence-electron chi connectivity index (χ3n) is 8.29. The topological polar surface area (TPSA) is 6.48 Å². The van der Waals surface area contributed by atoms with Gasteiger partial charge in [-0.25, -0.2) is 0 Å². The molecule has 0 N–H and O–H groups in total. The maximum atomic E-state index is 5.32. The zero-order chi connectivity index (χ0) is 22.8. The van der Waals surface area contributed by atoms with Gasteiger partial charge in [-0.3, -0.25) is 0 Å². The summed E-state index contributed by atoms with van der Waals surface area (Å²) >= 11 is 21.3. The molecule has 1 radical (unpaired) electrons. The second-order valence-electron chi connectivity index (χ2n) is 10.5. The first kappa shape index (κ1) is 30.0. The van der Waals surface area contributed by atoms with E-state index >= 15 is 0 Å². The molecule has 4 aliphatic carbocycles. The van der Waals surface area contributed by atoms with E-state index in [1.165, 1.54) is 128 Å². The van der Waals surface area contributed by atoms with Gasteiger partial charge in [-0.05, 0) is 51.4 Å². The Labute approximate surface area is 236 Å². The molecule has 4 rings (SSSR count). The summed E-state index contributed by atoms with van der Waals surface area (Å²) in [5, 5.41) is 0. The van der Waals surface area contributed by atoms with Gasteiger partial charge in [0.2, 0.25) is 0 Å². The molecule has 0 unspecified atom stereocenters. The standard InChI is InChI=1S/2C13H23NS2.Cu/c2*15-13(16)14(11-7-3-1-4-8-11)12-9-5-2-6-10-12;/h2*11-12H,1-10H2,(H,15,16);/q;;+2/p-2. The largest absolute Gasteiger partial charge is 2.00 e. The first-order valence-electron chi connectivity index (χ1n) is 13.6. The minimum absolute atomic E-state index is 0. The molecule has 0 heterocycles. The Balaban J connectivity index is 0.000000227. The van der Waals surface area contributed by atoms with Gasteiger partial charge in [-0.15, -0.1) is 0 Å². The van der Waals surface area contributed by atoms with Crippen LogP contribution < -0.4 is 0 Å². The summed E-state index contributed by atoms with van der Waals surface area (Å²) in [5.41, 5.74) is 0. The number of hydrogen-bond donors (Lipinski definition) is 0. The molecule has 0 amide bonds. The first-order chi connectivity index (χ1) is 15.6. The molecule has 33 heavy (non-hydrogen) atoms. The average Bonchev–Trinajstić information content (AvgIpc) is 2.82. The van der Waals surface area contributed by atoms with Gasteiger partial charge < -0.3 is 59.5 Å². The molecular weight excluding hydrogens is 532 g/mol. The van der Waals surface area contributed by atoms with Crippen LogP contribution in [0.5, 0.6) is 0 Å².